The maximum Gasteiger partial charge on any atom is 0.246 e. The first kappa shape index (κ1) is 21.7. The lowest BCUT2D eigenvalue weighted by molar-refractivity contribution is -0.119. The van der Waals surface area contributed by atoms with Gasteiger partial charge in [-0.25, -0.2) is 17.8 Å². The highest BCUT2D eigenvalue weighted by Gasteiger charge is 2.40. The summed E-state index contributed by atoms with van der Waals surface area (Å²) in [4.78, 5) is 16.6. The molecule has 0 aliphatic carbocycles. The average Bonchev–Trinajstić information content (AvgIpc) is 3.30. The molecule has 1 aliphatic heterocycles. The second-order valence-corrected chi connectivity index (χ2v) is 9.10. The molecule has 2 aromatic carbocycles. The molecule has 0 unspecified atom stereocenters. The molecule has 32 heavy (non-hydrogen) atoms. The summed E-state index contributed by atoms with van der Waals surface area (Å²) in [5.74, 6) is 4.65. The lowest BCUT2D eigenvalue weighted by Gasteiger charge is -2.23. The largest absolute Gasteiger partial charge is 0.325 e. The predicted molar refractivity (Wildman–Crippen MR) is 119 cm³/mol. The van der Waals surface area contributed by atoms with Gasteiger partial charge in [-0.2, -0.15) is 4.31 Å². The molecule has 1 fully saturated rings. The molecule has 1 saturated heterocycles. The Morgan fingerprint density at radius 1 is 1.06 bits per heavy atom. The van der Waals surface area contributed by atoms with E-state index in [0.717, 1.165) is 10.4 Å². The van der Waals surface area contributed by atoms with Crippen LogP contribution in [0.3, 0.4) is 0 Å². The van der Waals surface area contributed by atoms with Crippen molar-refractivity contribution in [1.82, 2.24) is 9.29 Å². The predicted octanol–water partition coefficient (Wildman–Crippen LogP) is 3.41. The van der Waals surface area contributed by atoms with Crippen LogP contribution in [-0.4, -0.2) is 36.2 Å². The Hall–Kier alpha value is -3.54. The van der Waals surface area contributed by atoms with Crippen molar-refractivity contribution in [2.75, 3.05) is 11.9 Å². The fourth-order valence-electron chi connectivity index (χ4n) is 3.54. The van der Waals surface area contributed by atoms with Gasteiger partial charge in [0.25, 0.3) is 0 Å². The van der Waals surface area contributed by atoms with E-state index in [-0.39, 0.29) is 6.54 Å². The summed E-state index contributed by atoms with van der Waals surface area (Å²) >= 11 is 0. The summed E-state index contributed by atoms with van der Waals surface area (Å²) in [7, 11) is -4.14. The van der Waals surface area contributed by atoms with Crippen molar-refractivity contribution in [1.29, 1.82) is 0 Å². The fourth-order valence-corrected chi connectivity index (χ4v) is 5.27. The van der Waals surface area contributed by atoms with Gasteiger partial charge >= 0.3 is 0 Å². The third-order valence-electron chi connectivity index (χ3n) is 5.06. The lowest BCUT2D eigenvalue weighted by atomic mass is 10.1. The van der Waals surface area contributed by atoms with Gasteiger partial charge in [-0.1, -0.05) is 30.2 Å². The molecule has 1 atom stereocenters. The zero-order chi connectivity index (χ0) is 22.6. The standard InChI is InChI=1S/C24H20FN3O3S/c25-21-10-1-2-12-23(21)32(30,31)28-16-6-11-22(28)24(29)27-20-9-5-7-18(17-20)13-14-19-8-3-4-15-26-19/h1-5,7-10,12,15,17,22H,6,11,16H2,(H,27,29)/t22-/m0/s1. The van der Waals surface area contributed by atoms with Crippen LogP contribution in [0.4, 0.5) is 10.1 Å². The molecule has 0 radical (unpaired) electrons. The zero-order valence-corrected chi connectivity index (χ0v) is 17.8. The van der Waals surface area contributed by atoms with Crippen LogP contribution in [0.5, 0.6) is 0 Å². The number of halogens is 1. The SMILES string of the molecule is O=C(Nc1cccc(C#Cc2ccccn2)c1)[C@@H]1CCCN1S(=O)(=O)c1ccccc1F. The van der Waals surface area contributed by atoms with Crippen LogP contribution in [0.25, 0.3) is 0 Å². The van der Waals surface area contributed by atoms with E-state index in [1.807, 2.05) is 6.07 Å². The molecular formula is C24H20FN3O3S. The number of carbonyl (C=O) groups is 1. The van der Waals surface area contributed by atoms with E-state index < -0.39 is 32.7 Å². The van der Waals surface area contributed by atoms with E-state index in [2.05, 4.69) is 22.1 Å². The maximum atomic E-state index is 14.1. The Labute approximate surface area is 186 Å². The molecule has 4 rings (SSSR count). The van der Waals surface area contributed by atoms with Crippen LogP contribution in [0.2, 0.25) is 0 Å². The number of carbonyl (C=O) groups excluding carboxylic acids is 1. The molecule has 1 aromatic heterocycles. The van der Waals surface area contributed by atoms with Crippen molar-refractivity contribution in [3.8, 4) is 11.8 Å². The minimum atomic E-state index is -4.14. The molecule has 1 amide bonds. The number of pyridine rings is 1. The molecule has 1 N–H and O–H groups in total. The molecule has 1 aliphatic rings. The summed E-state index contributed by atoms with van der Waals surface area (Å²) in [5.41, 5.74) is 1.80. The number of hydrogen-bond donors (Lipinski definition) is 1. The molecule has 6 nitrogen and oxygen atoms in total. The van der Waals surface area contributed by atoms with Crippen molar-refractivity contribution in [3.05, 3.63) is 90.0 Å². The first-order valence-electron chi connectivity index (χ1n) is 10.1. The highest BCUT2D eigenvalue weighted by molar-refractivity contribution is 7.89. The van der Waals surface area contributed by atoms with E-state index in [9.17, 15) is 17.6 Å². The summed E-state index contributed by atoms with van der Waals surface area (Å²) in [6.45, 7) is 0.157. The van der Waals surface area contributed by atoms with Gasteiger partial charge in [0.05, 0.1) is 0 Å². The van der Waals surface area contributed by atoms with E-state index in [0.29, 0.717) is 29.8 Å². The van der Waals surface area contributed by atoms with Crippen molar-refractivity contribution in [3.63, 3.8) is 0 Å². The fraction of sp³-hybridized carbons (Fsp3) is 0.167. The first-order valence-corrected chi connectivity index (χ1v) is 11.5. The highest BCUT2D eigenvalue weighted by atomic mass is 32.2. The highest BCUT2D eigenvalue weighted by Crippen LogP contribution is 2.28. The van der Waals surface area contributed by atoms with E-state index >= 15 is 0 Å². The molecule has 2 heterocycles. The van der Waals surface area contributed by atoms with Gasteiger partial charge in [0, 0.05) is 24.0 Å². The van der Waals surface area contributed by atoms with Crippen LogP contribution >= 0.6 is 0 Å². The lowest BCUT2D eigenvalue weighted by Crippen LogP contribution is -2.43. The minimum absolute atomic E-state index is 0.157. The Morgan fingerprint density at radius 3 is 2.66 bits per heavy atom. The Kier molecular flexibility index (Phi) is 6.30. The first-order chi connectivity index (χ1) is 15.4. The summed E-state index contributed by atoms with van der Waals surface area (Å²) in [6, 6.07) is 16.7. The second-order valence-electron chi connectivity index (χ2n) is 7.24. The summed E-state index contributed by atoms with van der Waals surface area (Å²) in [6.07, 6.45) is 2.53. The van der Waals surface area contributed by atoms with Gasteiger partial charge in [-0.3, -0.25) is 4.79 Å². The monoisotopic (exact) mass is 449 g/mol. The van der Waals surface area contributed by atoms with Crippen LogP contribution in [0.15, 0.2) is 77.8 Å². The second kappa shape index (κ2) is 9.30. The molecule has 162 valence electrons. The molecule has 0 saturated carbocycles. The topological polar surface area (TPSA) is 79.4 Å². The maximum absolute atomic E-state index is 14.1. The Balaban J connectivity index is 1.51. The van der Waals surface area contributed by atoms with Crippen molar-refractivity contribution in [2.24, 2.45) is 0 Å². The van der Waals surface area contributed by atoms with Gasteiger partial charge in [0.2, 0.25) is 15.9 Å². The number of nitrogens with zero attached hydrogens (tertiary/aromatic N) is 2. The Morgan fingerprint density at radius 2 is 1.88 bits per heavy atom. The van der Waals surface area contributed by atoms with Crippen molar-refractivity contribution < 1.29 is 17.6 Å². The van der Waals surface area contributed by atoms with Gasteiger partial charge in [-0.05, 0) is 61.2 Å². The van der Waals surface area contributed by atoms with Crippen molar-refractivity contribution >= 4 is 21.6 Å². The van der Waals surface area contributed by atoms with Crippen LogP contribution in [-0.2, 0) is 14.8 Å². The zero-order valence-electron chi connectivity index (χ0n) is 17.0. The van der Waals surface area contributed by atoms with Gasteiger partial charge in [0.1, 0.15) is 22.4 Å². The van der Waals surface area contributed by atoms with E-state index in [4.69, 9.17) is 0 Å². The number of sulfonamides is 1. The summed E-state index contributed by atoms with van der Waals surface area (Å²) in [5, 5.41) is 2.77. The number of amides is 1. The molecule has 8 heteroatoms. The van der Waals surface area contributed by atoms with Gasteiger partial charge < -0.3 is 5.32 Å². The number of anilines is 1. The number of rotatable bonds is 4. The molecule has 3 aromatic rings. The van der Waals surface area contributed by atoms with Crippen LogP contribution in [0, 0.1) is 17.7 Å². The third-order valence-corrected chi connectivity index (χ3v) is 7.00. The average molecular weight is 450 g/mol. The number of benzene rings is 2. The van der Waals surface area contributed by atoms with Crippen molar-refractivity contribution in [2.45, 2.75) is 23.8 Å². The number of hydrogen-bond acceptors (Lipinski definition) is 4. The normalized spacial score (nSPS) is 16.2. The Bertz CT molecular complexity index is 1300. The van der Waals surface area contributed by atoms with Crippen LogP contribution in [0.1, 0.15) is 24.1 Å². The smallest absolute Gasteiger partial charge is 0.246 e. The van der Waals surface area contributed by atoms with Gasteiger partial charge in [-0.15, -0.1) is 0 Å². The van der Waals surface area contributed by atoms with Crippen LogP contribution < -0.4 is 5.32 Å². The van der Waals surface area contributed by atoms with E-state index in [1.54, 1.807) is 42.6 Å². The molecule has 0 spiro atoms. The molecule has 0 bridgehead atoms. The number of nitrogens with one attached hydrogen (secondary N) is 1. The molecular weight excluding hydrogens is 429 g/mol. The minimum Gasteiger partial charge on any atom is -0.325 e. The third kappa shape index (κ3) is 4.69. The summed E-state index contributed by atoms with van der Waals surface area (Å²) < 4.78 is 41.2. The quantitative estimate of drug-likeness (QED) is 0.619. The van der Waals surface area contributed by atoms with Gasteiger partial charge in [0.15, 0.2) is 0 Å². The number of aromatic nitrogens is 1. The van der Waals surface area contributed by atoms with E-state index in [1.165, 1.54) is 18.2 Å².